The Hall–Kier alpha value is -2.82. The molecule has 2 N–H and O–H groups in total. The number of thioether (sulfide) groups is 1. The predicted molar refractivity (Wildman–Crippen MR) is 165 cm³/mol. The zero-order valence-electron chi connectivity index (χ0n) is 23.0. The van der Waals surface area contributed by atoms with Crippen molar-refractivity contribution in [3.63, 3.8) is 0 Å². The number of benzene rings is 2. The van der Waals surface area contributed by atoms with E-state index in [0.29, 0.717) is 59.6 Å². The van der Waals surface area contributed by atoms with Gasteiger partial charge in [-0.3, -0.25) is 24.2 Å². The summed E-state index contributed by atoms with van der Waals surface area (Å²) in [4.78, 5) is 47.9. The Bertz CT molecular complexity index is 1460. The zero-order chi connectivity index (χ0) is 29.3. The number of carbonyl (C=O) groups is 3. The van der Waals surface area contributed by atoms with Gasteiger partial charge in [-0.1, -0.05) is 47.5 Å². The number of halogens is 2. The molecule has 0 radical (unpaired) electrons. The van der Waals surface area contributed by atoms with Crippen LogP contribution in [0.4, 0.5) is 5.69 Å². The number of morpholine rings is 1. The maximum atomic E-state index is 14.6. The van der Waals surface area contributed by atoms with Crippen molar-refractivity contribution in [1.82, 2.24) is 15.5 Å². The Morgan fingerprint density at radius 2 is 1.83 bits per heavy atom. The normalized spacial score (nSPS) is 26.0. The summed E-state index contributed by atoms with van der Waals surface area (Å²) in [5, 5.41) is 7.18. The zero-order valence-corrected chi connectivity index (χ0v) is 25.4. The first-order valence-corrected chi connectivity index (χ1v) is 15.7. The van der Waals surface area contributed by atoms with Gasteiger partial charge in [-0.2, -0.15) is 0 Å². The maximum absolute atomic E-state index is 14.6. The lowest BCUT2D eigenvalue weighted by molar-refractivity contribution is -0.130. The lowest BCUT2D eigenvalue weighted by atomic mass is 9.74. The highest BCUT2D eigenvalue weighted by molar-refractivity contribution is 8.01. The van der Waals surface area contributed by atoms with E-state index in [-0.39, 0.29) is 18.2 Å². The van der Waals surface area contributed by atoms with Crippen LogP contribution < -0.4 is 15.5 Å². The first kappa shape index (κ1) is 29.3. The van der Waals surface area contributed by atoms with E-state index in [1.165, 1.54) is 16.7 Å². The molecule has 3 amide bonds. The summed E-state index contributed by atoms with van der Waals surface area (Å²) in [7, 11) is 0. The minimum atomic E-state index is -1.63. The smallest absolute Gasteiger partial charge is 0.257 e. The van der Waals surface area contributed by atoms with Crippen LogP contribution in [-0.2, 0) is 19.1 Å². The number of anilines is 1. The molecule has 3 heterocycles. The van der Waals surface area contributed by atoms with Crippen LogP contribution in [0.15, 0.2) is 81.9 Å². The third kappa shape index (κ3) is 5.05. The average Bonchev–Trinajstić information content (AvgIpc) is 3.42. The number of rotatable bonds is 8. The van der Waals surface area contributed by atoms with Crippen LogP contribution in [0.3, 0.4) is 0 Å². The number of ether oxygens (including phenoxy) is 1. The standard InChI is InChI=1S/C31H32Cl2N4O4S/c32-21-6-4-7-23(18-21)37-27(38)20-30(42-24-8-2-1-3-9-24,28(39)34-12-5-13-36-14-16-41-17-15-36)31(37)25-11-10-22(33)19-26(25)35-29(31)40/h1-4,6-9,18-19H,5,10-17,20H2,(H,34,39)(H,35,40). The van der Waals surface area contributed by atoms with Gasteiger partial charge in [0.05, 0.1) is 19.6 Å². The molecule has 0 saturated carbocycles. The first-order chi connectivity index (χ1) is 20.3. The third-order valence-corrected chi connectivity index (χ3v) is 10.3. The summed E-state index contributed by atoms with van der Waals surface area (Å²) in [5.74, 6) is -1.10. The van der Waals surface area contributed by atoms with Gasteiger partial charge in [0.2, 0.25) is 11.8 Å². The van der Waals surface area contributed by atoms with Crippen molar-refractivity contribution in [2.24, 2.45) is 0 Å². The first-order valence-electron chi connectivity index (χ1n) is 14.2. The summed E-state index contributed by atoms with van der Waals surface area (Å²) >= 11 is 14.1. The Morgan fingerprint density at radius 3 is 2.60 bits per heavy atom. The van der Waals surface area contributed by atoms with Gasteiger partial charge in [0.1, 0.15) is 4.75 Å². The van der Waals surface area contributed by atoms with Crippen LogP contribution in [-0.4, -0.2) is 72.3 Å². The summed E-state index contributed by atoms with van der Waals surface area (Å²) in [6.07, 6.45) is 3.23. The van der Waals surface area contributed by atoms with E-state index in [1.807, 2.05) is 30.3 Å². The second-order valence-electron chi connectivity index (χ2n) is 10.8. The molecular formula is C31H32Cl2N4O4S. The second-order valence-corrected chi connectivity index (χ2v) is 13.1. The minimum absolute atomic E-state index is 0.171. The molecule has 0 aromatic heterocycles. The van der Waals surface area contributed by atoms with Crippen LogP contribution in [0.2, 0.25) is 5.02 Å². The number of allylic oxidation sites excluding steroid dienone is 2. The van der Waals surface area contributed by atoms with E-state index in [0.717, 1.165) is 31.0 Å². The van der Waals surface area contributed by atoms with Crippen molar-refractivity contribution >= 4 is 58.4 Å². The summed E-state index contributed by atoms with van der Waals surface area (Å²) in [5.41, 5.74) is 0.0750. The van der Waals surface area contributed by atoms with Gasteiger partial charge >= 0.3 is 0 Å². The van der Waals surface area contributed by atoms with Crippen LogP contribution in [0.5, 0.6) is 0 Å². The summed E-state index contributed by atoms with van der Waals surface area (Å²) in [6.45, 7) is 4.37. The highest BCUT2D eigenvalue weighted by atomic mass is 35.5. The largest absolute Gasteiger partial charge is 0.379 e. The van der Waals surface area contributed by atoms with E-state index in [1.54, 1.807) is 30.3 Å². The highest BCUT2D eigenvalue weighted by Gasteiger charge is 2.75. The summed E-state index contributed by atoms with van der Waals surface area (Å²) in [6, 6.07) is 16.4. The summed E-state index contributed by atoms with van der Waals surface area (Å²) < 4.78 is 3.94. The SMILES string of the molecule is O=C1CC(Sc2ccccc2)(C(=O)NCCCN2CCOCC2)C2(C(=O)NC3=C2CCC(Cl)=C3)N1c1cccc(Cl)c1. The molecule has 3 aliphatic heterocycles. The molecule has 1 aliphatic carbocycles. The van der Waals surface area contributed by atoms with Crippen molar-refractivity contribution in [2.75, 3.05) is 44.3 Å². The van der Waals surface area contributed by atoms with Gasteiger partial charge in [0.15, 0.2) is 5.54 Å². The van der Waals surface area contributed by atoms with E-state index in [2.05, 4.69) is 15.5 Å². The predicted octanol–water partition coefficient (Wildman–Crippen LogP) is 4.49. The van der Waals surface area contributed by atoms with Crippen molar-refractivity contribution in [3.05, 3.63) is 82.0 Å². The van der Waals surface area contributed by atoms with Crippen molar-refractivity contribution in [2.45, 2.75) is 40.9 Å². The monoisotopic (exact) mass is 626 g/mol. The van der Waals surface area contributed by atoms with Gasteiger partial charge in [-0.15, -0.1) is 11.8 Å². The Morgan fingerprint density at radius 1 is 1.05 bits per heavy atom. The molecule has 42 heavy (non-hydrogen) atoms. The van der Waals surface area contributed by atoms with Gasteiger partial charge in [0, 0.05) is 46.0 Å². The van der Waals surface area contributed by atoms with Crippen LogP contribution >= 0.6 is 35.0 Å². The van der Waals surface area contributed by atoms with E-state index in [9.17, 15) is 14.4 Å². The van der Waals surface area contributed by atoms with Crippen molar-refractivity contribution < 1.29 is 19.1 Å². The minimum Gasteiger partial charge on any atom is -0.379 e. The fourth-order valence-corrected chi connectivity index (χ4v) is 8.40. The van der Waals surface area contributed by atoms with Gasteiger partial charge in [-0.25, -0.2) is 0 Å². The number of carbonyl (C=O) groups excluding carboxylic acids is 3. The number of nitrogens with one attached hydrogen (secondary N) is 2. The molecule has 2 aromatic carbocycles. The topological polar surface area (TPSA) is 91.0 Å². The van der Waals surface area contributed by atoms with Gasteiger partial charge < -0.3 is 15.4 Å². The van der Waals surface area contributed by atoms with E-state index < -0.39 is 16.2 Å². The number of fused-ring (bicyclic) bond motifs is 1. The van der Waals surface area contributed by atoms with Crippen molar-refractivity contribution in [1.29, 1.82) is 0 Å². The maximum Gasteiger partial charge on any atom is 0.257 e. The molecule has 2 saturated heterocycles. The number of amides is 3. The number of nitrogens with zero attached hydrogens (tertiary/aromatic N) is 2. The van der Waals surface area contributed by atoms with E-state index >= 15 is 0 Å². The average molecular weight is 628 g/mol. The quantitative estimate of drug-likeness (QED) is 0.420. The van der Waals surface area contributed by atoms with Crippen LogP contribution in [0, 0.1) is 0 Å². The molecule has 2 unspecified atom stereocenters. The van der Waals surface area contributed by atoms with Crippen molar-refractivity contribution in [3.8, 4) is 0 Å². The molecule has 2 atom stereocenters. The molecule has 220 valence electrons. The van der Waals surface area contributed by atoms with Crippen LogP contribution in [0.1, 0.15) is 25.7 Å². The van der Waals surface area contributed by atoms with E-state index in [4.69, 9.17) is 27.9 Å². The third-order valence-electron chi connectivity index (χ3n) is 8.33. The molecule has 6 rings (SSSR count). The molecule has 11 heteroatoms. The molecular weight excluding hydrogens is 595 g/mol. The Labute approximate surface area is 259 Å². The lowest BCUT2D eigenvalue weighted by Crippen LogP contribution is -2.68. The second kappa shape index (κ2) is 12.1. The highest BCUT2D eigenvalue weighted by Crippen LogP contribution is 2.59. The molecule has 0 bridgehead atoms. The molecule has 4 aliphatic rings. The fraction of sp³-hybridized carbons (Fsp3) is 0.387. The van der Waals surface area contributed by atoms with Gasteiger partial charge in [-0.05, 0) is 67.8 Å². The molecule has 8 nitrogen and oxygen atoms in total. The number of hydrogen-bond donors (Lipinski definition) is 2. The molecule has 2 fully saturated rings. The van der Waals surface area contributed by atoms with Crippen LogP contribution in [0.25, 0.3) is 0 Å². The Kier molecular flexibility index (Phi) is 8.40. The molecule has 1 spiro atoms. The fourth-order valence-electron chi connectivity index (χ4n) is 6.50. The Balaban J connectivity index is 1.45. The lowest BCUT2D eigenvalue weighted by Gasteiger charge is -2.45. The number of hydrogen-bond acceptors (Lipinski definition) is 6. The molecule has 2 aromatic rings. The van der Waals surface area contributed by atoms with Gasteiger partial charge in [0.25, 0.3) is 5.91 Å².